The van der Waals surface area contributed by atoms with Crippen LogP contribution in [-0.4, -0.2) is 38.6 Å². The van der Waals surface area contributed by atoms with Crippen LogP contribution in [-0.2, 0) is 44.9 Å². The number of aryl methyl sites for hydroxylation is 1. The van der Waals surface area contributed by atoms with Crippen LogP contribution in [0.4, 0.5) is 0 Å². The molecule has 3 aliphatic heterocycles. The summed E-state index contributed by atoms with van der Waals surface area (Å²) in [6.07, 6.45) is 4.67. The molecule has 2 aliphatic carbocycles. The predicted octanol–water partition coefficient (Wildman–Crippen LogP) is 10.8. The molecule has 7 unspecified atom stereocenters. The molecule has 4 heterocycles. The van der Waals surface area contributed by atoms with E-state index in [-0.39, 0.29) is 47.3 Å². The van der Waals surface area contributed by atoms with E-state index in [1.807, 2.05) is 36.4 Å². The monoisotopic (exact) mass is 938 g/mol. The Labute approximate surface area is 359 Å². The quantitative estimate of drug-likeness (QED) is 0.0811. The van der Waals surface area contributed by atoms with Crippen molar-refractivity contribution in [2.24, 2.45) is 39.4 Å². The van der Waals surface area contributed by atoms with Gasteiger partial charge in [0.05, 0.1) is 43.9 Å². The van der Waals surface area contributed by atoms with Gasteiger partial charge in [-0.2, -0.15) is 0 Å². The molecule has 7 atom stereocenters. The Bertz CT molecular complexity index is 2250. The van der Waals surface area contributed by atoms with Crippen LogP contribution in [0.5, 0.6) is 23.0 Å². The molecule has 0 spiro atoms. The maximum atomic E-state index is 13.8. The third-order valence-electron chi connectivity index (χ3n) is 14.3. The second kappa shape index (κ2) is 14.8. The van der Waals surface area contributed by atoms with E-state index in [2.05, 4.69) is 83.0 Å². The van der Waals surface area contributed by atoms with Crippen molar-refractivity contribution in [2.45, 2.75) is 65.9 Å². The molecule has 0 radical (unpaired) electrons. The van der Waals surface area contributed by atoms with Crippen LogP contribution in [0.2, 0.25) is 4.34 Å². The topological polar surface area (TPSA) is 89.5 Å². The van der Waals surface area contributed by atoms with Crippen LogP contribution in [0.25, 0.3) is 0 Å². The number of rotatable bonds is 16. The number of carbonyl (C=O) groups excluding carboxylic acids is 2. The lowest BCUT2D eigenvalue weighted by Gasteiger charge is -2.34. The highest BCUT2D eigenvalue weighted by Gasteiger charge is 2.86. The SMILES string of the molecule is CCC(CC1(C)C2COC(=O)C21Cc1ccc(OCCCc2ccc3c(c2)OCO3)c(Br)c1)C1(C)C2COC(=O)C21Cc1ccc(OCc2ccc(Cl)s2)c(Br)c1. The molecule has 300 valence electrons. The zero-order valence-electron chi connectivity index (χ0n) is 32.2. The van der Waals surface area contributed by atoms with E-state index in [4.69, 9.17) is 40.0 Å². The van der Waals surface area contributed by atoms with Crippen molar-refractivity contribution in [3.8, 4) is 23.0 Å². The molecule has 0 bridgehead atoms. The number of cyclic esters (lactones) is 2. The zero-order valence-corrected chi connectivity index (χ0v) is 36.9. The van der Waals surface area contributed by atoms with E-state index in [1.54, 1.807) is 0 Å². The standard InChI is InChI=1S/C45H45Br2ClO8S/c1-4-29(43(3)38-24-54-41(50)45(38,43)20-28-9-12-34(32(47)17-28)52-22-30-10-14-39(48)57-30)21-42(2)37-23-53-40(49)44(37,42)19-27-8-11-33(31(46)16-27)51-15-5-6-26-7-13-35-36(18-26)56-25-55-35/h7-14,16-18,29,37-38H,4-6,15,19-25H2,1-3H3. The van der Waals surface area contributed by atoms with E-state index in [9.17, 15) is 9.59 Å². The van der Waals surface area contributed by atoms with Crippen molar-refractivity contribution in [1.82, 2.24) is 0 Å². The molecule has 2 saturated heterocycles. The molecule has 57 heavy (non-hydrogen) atoms. The van der Waals surface area contributed by atoms with E-state index in [0.29, 0.717) is 39.3 Å². The summed E-state index contributed by atoms with van der Waals surface area (Å²) in [6, 6.07) is 22.2. The lowest BCUT2D eigenvalue weighted by atomic mass is 9.71. The van der Waals surface area contributed by atoms with Crippen LogP contribution in [0.15, 0.2) is 75.7 Å². The van der Waals surface area contributed by atoms with Crippen LogP contribution in [0, 0.1) is 39.4 Å². The van der Waals surface area contributed by atoms with Gasteiger partial charge >= 0.3 is 11.9 Å². The van der Waals surface area contributed by atoms with Gasteiger partial charge in [-0.1, -0.05) is 57.0 Å². The van der Waals surface area contributed by atoms with Gasteiger partial charge in [0.2, 0.25) is 6.79 Å². The molecule has 12 heteroatoms. The molecule has 3 aromatic carbocycles. The molecular formula is C45H45Br2ClO8S. The third kappa shape index (κ3) is 6.40. The van der Waals surface area contributed by atoms with Gasteiger partial charge in [-0.05, 0) is 146 Å². The molecule has 1 aromatic heterocycles. The highest BCUT2D eigenvalue weighted by molar-refractivity contribution is 9.11. The third-order valence-corrected chi connectivity index (χ3v) is 16.7. The second-order valence-electron chi connectivity index (χ2n) is 16.8. The summed E-state index contributed by atoms with van der Waals surface area (Å²) in [5.74, 6) is 3.36. The first-order valence-corrected chi connectivity index (χ1v) is 22.5. The van der Waals surface area contributed by atoms with Crippen LogP contribution >= 0.6 is 54.8 Å². The Balaban J connectivity index is 0.864. The van der Waals surface area contributed by atoms with E-state index >= 15 is 0 Å². The van der Waals surface area contributed by atoms with Crippen molar-refractivity contribution >= 4 is 66.7 Å². The summed E-state index contributed by atoms with van der Waals surface area (Å²) in [6.45, 7) is 8.94. The number of esters is 2. The van der Waals surface area contributed by atoms with Gasteiger partial charge in [-0.25, -0.2) is 0 Å². The van der Waals surface area contributed by atoms with Crippen LogP contribution in [0.3, 0.4) is 0 Å². The average molecular weight is 941 g/mol. The Kier molecular flexibility index (Phi) is 10.2. The zero-order chi connectivity index (χ0) is 39.7. The summed E-state index contributed by atoms with van der Waals surface area (Å²) in [5.41, 5.74) is 1.60. The number of carbonyl (C=O) groups is 2. The van der Waals surface area contributed by atoms with Crippen molar-refractivity contribution in [1.29, 1.82) is 0 Å². The predicted molar refractivity (Wildman–Crippen MR) is 224 cm³/mol. The Morgan fingerprint density at radius 3 is 2.12 bits per heavy atom. The highest BCUT2D eigenvalue weighted by Crippen LogP contribution is 2.82. The number of benzene rings is 3. The molecule has 8 nitrogen and oxygen atoms in total. The average Bonchev–Trinajstić information content (AvgIpc) is 3.62. The molecule has 0 N–H and O–H groups in total. The Morgan fingerprint density at radius 1 is 0.789 bits per heavy atom. The minimum Gasteiger partial charge on any atom is -0.492 e. The summed E-state index contributed by atoms with van der Waals surface area (Å²) in [5, 5.41) is 0. The van der Waals surface area contributed by atoms with Gasteiger partial charge in [0.15, 0.2) is 11.5 Å². The van der Waals surface area contributed by atoms with E-state index < -0.39 is 10.8 Å². The molecule has 4 aromatic rings. The Hall–Kier alpha value is -3.25. The van der Waals surface area contributed by atoms with E-state index in [0.717, 1.165) is 78.0 Å². The number of hydrogen-bond acceptors (Lipinski definition) is 9. The minimum absolute atomic E-state index is 0.102. The first-order chi connectivity index (χ1) is 27.4. The van der Waals surface area contributed by atoms with Gasteiger partial charge in [0.1, 0.15) is 18.1 Å². The van der Waals surface area contributed by atoms with Gasteiger partial charge in [0, 0.05) is 16.7 Å². The summed E-state index contributed by atoms with van der Waals surface area (Å²) in [7, 11) is 0. The summed E-state index contributed by atoms with van der Waals surface area (Å²) >= 11 is 15.1. The molecule has 0 amide bonds. The number of ether oxygens (including phenoxy) is 6. The molecular weight excluding hydrogens is 896 g/mol. The van der Waals surface area contributed by atoms with E-state index in [1.165, 1.54) is 16.9 Å². The fourth-order valence-electron chi connectivity index (χ4n) is 11.0. The van der Waals surface area contributed by atoms with Gasteiger partial charge < -0.3 is 28.4 Å². The van der Waals surface area contributed by atoms with Crippen molar-refractivity contribution in [2.75, 3.05) is 26.6 Å². The number of fused-ring (bicyclic) bond motifs is 3. The highest BCUT2D eigenvalue weighted by atomic mass is 79.9. The smallest absolute Gasteiger partial charge is 0.313 e. The largest absolute Gasteiger partial charge is 0.492 e. The first kappa shape index (κ1) is 39.2. The van der Waals surface area contributed by atoms with Crippen molar-refractivity contribution < 1.29 is 38.0 Å². The second-order valence-corrected chi connectivity index (χ2v) is 20.3. The lowest BCUT2D eigenvalue weighted by Crippen LogP contribution is -2.34. The maximum Gasteiger partial charge on any atom is 0.313 e. The van der Waals surface area contributed by atoms with Crippen molar-refractivity contribution in [3.05, 3.63) is 102 Å². The van der Waals surface area contributed by atoms with Crippen molar-refractivity contribution in [3.63, 3.8) is 0 Å². The van der Waals surface area contributed by atoms with Gasteiger partial charge in [0.25, 0.3) is 0 Å². The molecule has 5 aliphatic rings. The summed E-state index contributed by atoms with van der Waals surface area (Å²) in [4.78, 5) is 28.6. The number of halogens is 3. The molecule has 2 saturated carbocycles. The minimum atomic E-state index is -0.609. The van der Waals surface area contributed by atoms with Gasteiger partial charge in [-0.3, -0.25) is 9.59 Å². The first-order valence-electron chi connectivity index (χ1n) is 19.7. The Morgan fingerprint density at radius 2 is 1.44 bits per heavy atom. The molecule has 9 rings (SSSR count). The molecule has 4 fully saturated rings. The number of hydrogen-bond donors (Lipinski definition) is 0. The lowest BCUT2D eigenvalue weighted by molar-refractivity contribution is -0.150. The van der Waals surface area contributed by atoms with Crippen LogP contribution in [0.1, 0.15) is 61.6 Å². The summed E-state index contributed by atoms with van der Waals surface area (Å²) < 4.78 is 37.2. The fraction of sp³-hybridized carbons (Fsp3) is 0.467. The van der Waals surface area contributed by atoms with Crippen LogP contribution < -0.4 is 18.9 Å². The normalized spacial score (nSPS) is 29.4. The van der Waals surface area contributed by atoms with Gasteiger partial charge in [-0.15, -0.1) is 11.3 Å². The fourth-order valence-corrected chi connectivity index (χ4v) is 13.1. The maximum absolute atomic E-state index is 13.8. The number of thiophene rings is 1.